The smallest absolute Gasteiger partial charge is 0.222 e. The molecule has 0 spiro atoms. The SMILES string of the molecule is Cc1nc(C)c(C(C)NCCNC(=O)C(C)C)s1. The maximum atomic E-state index is 11.4. The Bertz CT molecular complexity index is 401. The maximum absolute atomic E-state index is 11.4. The second kappa shape index (κ2) is 6.85. The van der Waals surface area contributed by atoms with Crippen molar-refractivity contribution in [1.29, 1.82) is 0 Å². The number of nitrogens with one attached hydrogen (secondary N) is 2. The molecule has 18 heavy (non-hydrogen) atoms. The van der Waals surface area contributed by atoms with E-state index in [9.17, 15) is 4.79 Å². The summed E-state index contributed by atoms with van der Waals surface area (Å²) < 4.78 is 0. The first kappa shape index (κ1) is 15.1. The number of aromatic nitrogens is 1. The Morgan fingerprint density at radius 2 is 1.94 bits per heavy atom. The van der Waals surface area contributed by atoms with E-state index in [0.717, 1.165) is 17.2 Å². The molecule has 0 radical (unpaired) electrons. The summed E-state index contributed by atoms with van der Waals surface area (Å²) in [6, 6.07) is 0.284. The fraction of sp³-hybridized carbons (Fsp3) is 0.692. The number of hydrogen-bond acceptors (Lipinski definition) is 4. The first-order chi connectivity index (χ1) is 8.41. The highest BCUT2D eigenvalue weighted by atomic mass is 32.1. The van der Waals surface area contributed by atoms with Gasteiger partial charge in [-0.3, -0.25) is 4.79 Å². The number of carbonyl (C=O) groups excluding carboxylic acids is 1. The Morgan fingerprint density at radius 3 is 2.44 bits per heavy atom. The van der Waals surface area contributed by atoms with Crippen LogP contribution in [0.3, 0.4) is 0 Å². The highest BCUT2D eigenvalue weighted by Crippen LogP contribution is 2.23. The molecule has 0 aromatic carbocycles. The number of amides is 1. The molecule has 1 rings (SSSR count). The van der Waals surface area contributed by atoms with Crippen molar-refractivity contribution >= 4 is 17.2 Å². The molecule has 2 N–H and O–H groups in total. The van der Waals surface area contributed by atoms with E-state index in [0.29, 0.717) is 6.54 Å². The zero-order valence-corrected chi connectivity index (χ0v) is 12.6. The van der Waals surface area contributed by atoms with Crippen molar-refractivity contribution in [2.45, 2.75) is 40.7 Å². The summed E-state index contributed by atoms with van der Waals surface area (Å²) in [6.07, 6.45) is 0. The van der Waals surface area contributed by atoms with Gasteiger partial charge in [0.1, 0.15) is 0 Å². The van der Waals surface area contributed by atoms with E-state index in [1.165, 1.54) is 4.88 Å². The van der Waals surface area contributed by atoms with Gasteiger partial charge in [0.05, 0.1) is 10.7 Å². The molecular weight excluding hydrogens is 246 g/mol. The van der Waals surface area contributed by atoms with Crippen LogP contribution >= 0.6 is 11.3 Å². The van der Waals surface area contributed by atoms with E-state index in [-0.39, 0.29) is 17.9 Å². The average Bonchev–Trinajstić information content (AvgIpc) is 2.63. The van der Waals surface area contributed by atoms with E-state index >= 15 is 0 Å². The lowest BCUT2D eigenvalue weighted by molar-refractivity contribution is -0.123. The summed E-state index contributed by atoms with van der Waals surface area (Å²) in [4.78, 5) is 17.1. The van der Waals surface area contributed by atoms with Crippen molar-refractivity contribution in [3.63, 3.8) is 0 Å². The lowest BCUT2D eigenvalue weighted by Crippen LogP contribution is -2.35. The summed E-state index contributed by atoms with van der Waals surface area (Å²) >= 11 is 1.73. The second-order valence-electron chi connectivity index (χ2n) is 4.80. The van der Waals surface area contributed by atoms with Crippen LogP contribution < -0.4 is 10.6 Å². The van der Waals surface area contributed by atoms with Gasteiger partial charge in [-0.05, 0) is 20.8 Å². The molecule has 1 aromatic rings. The number of carbonyl (C=O) groups is 1. The first-order valence-electron chi connectivity index (χ1n) is 6.36. The summed E-state index contributed by atoms with van der Waals surface area (Å²) in [5, 5.41) is 7.40. The van der Waals surface area contributed by atoms with E-state index in [1.807, 2.05) is 27.7 Å². The van der Waals surface area contributed by atoms with Crippen molar-refractivity contribution in [2.24, 2.45) is 5.92 Å². The molecule has 0 aliphatic rings. The minimum Gasteiger partial charge on any atom is -0.355 e. The molecule has 1 unspecified atom stereocenters. The van der Waals surface area contributed by atoms with E-state index in [4.69, 9.17) is 0 Å². The van der Waals surface area contributed by atoms with Gasteiger partial charge >= 0.3 is 0 Å². The normalized spacial score (nSPS) is 12.8. The van der Waals surface area contributed by atoms with Gasteiger partial charge in [-0.2, -0.15) is 0 Å². The van der Waals surface area contributed by atoms with Gasteiger partial charge in [0, 0.05) is 29.9 Å². The molecular formula is C13H23N3OS. The Balaban J connectivity index is 2.32. The molecule has 0 bridgehead atoms. The van der Waals surface area contributed by atoms with Crippen LogP contribution in [0.2, 0.25) is 0 Å². The van der Waals surface area contributed by atoms with Crippen molar-refractivity contribution in [1.82, 2.24) is 15.6 Å². The van der Waals surface area contributed by atoms with Crippen LogP contribution in [0.15, 0.2) is 0 Å². The molecule has 1 aromatic heterocycles. The highest BCUT2D eigenvalue weighted by molar-refractivity contribution is 7.11. The Hall–Kier alpha value is -0.940. The summed E-state index contributed by atoms with van der Waals surface area (Å²) in [6.45, 7) is 11.4. The lowest BCUT2D eigenvalue weighted by atomic mass is 10.2. The van der Waals surface area contributed by atoms with Crippen molar-refractivity contribution in [3.05, 3.63) is 15.6 Å². The predicted molar refractivity (Wildman–Crippen MR) is 75.9 cm³/mol. The Morgan fingerprint density at radius 1 is 1.28 bits per heavy atom. The fourth-order valence-electron chi connectivity index (χ4n) is 1.72. The summed E-state index contributed by atoms with van der Waals surface area (Å²) in [5.41, 5.74) is 1.10. The van der Waals surface area contributed by atoms with Crippen LogP contribution in [0.5, 0.6) is 0 Å². The van der Waals surface area contributed by atoms with Gasteiger partial charge in [-0.25, -0.2) is 4.98 Å². The number of nitrogens with zero attached hydrogens (tertiary/aromatic N) is 1. The fourth-order valence-corrected chi connectivity index (χ4v) is 2.67. The largest absolute Gasteiger partial charge is 0.355 e. The van der Waals surface area contributed by atoms with E-state index in [2.05, 4.69) is 22.5 Å². The molecule has 5 heteroatoms. The van der Waals surface area contributed by atoms with E-state index in [1.54, 1.807) is 11.3 Å². The average molecular weight is 269 g/mol. The topological polar surface area (TPSA) is 54.0 Å². The van der Waals surface area contributed by atoms with Crippen LogP contribution in [-0.4, -0.2) is 24.0 Å². The quantitative estimate of drug-likeness (QED) is 0.778. The Labute approximate surface area is 113 Å². The monoisotopic (exact) mass is 269 g/mol. The van der Waals surface area contributed by atoms with Gasteiger partial charge in [0.15, 0.2) is 0 Å². The van der Waals surface area contributed by atoms with Crippen LogP contribution in [-0.2, 0) is 4.79 Å². The molecule has 0 aliphatic heterocycles. The zero-order chi connectivity index (χ0) is 13.7. The molecule has 0 saturated carbocycles. The standard InChI is InChI=1S/C13H23N3OS/c1-8(2)13(17)15-7-6-14-9(3)12-10(4)16-11(5)18-12/h8-9,14H,6-7H2,1-5H3,(H,15,17). The summed E-state index contributed by atoms with van der Waals surface area (Å²) in [5.74, 6) is 0.156. The molecule has 0 aliphatic carbocycles. The van der Waals surface area contributed by atoms with Crippen LogP contribution in [0, 0.1) is 19.8 Å². The van der Waals surface area contributed by atoms with Gasteiger partial charge in [-0.1, -0.05) is 13.8 Å². The third-order valence-corrected chi connectivity index (χ3v) is 3.99. The maximum Gasteiger partial charge on any atom is 0.222 e. The zero-order valence-electron chi connectivity index (χ0n) is 11.8. The predicted octanol–water partition coefficient (Wildman–Crippen LogP) is 2.18. The molecule has 0 fully saturated rings. The van der Waals surface area contributed by atoms with Gasteiger partial charge in [0.2, 0.25) is 5.91 Å². The molecule has 1 amide bonds. The van der Waals surface area contributed by atoms with E-state index < -0.39 is 0 Å². The molecule has 0 saturated heterocycles. The van der Waals surface area contributed by atoms with Crippen LogP contribution in [0.4, 0.5) is 0 Å². The summed E-state index contributed by atoms with van der Waals surface area (Å²) in [7, 11) is 0. The van der Waals surface area contributed by atoms with Gasteiger partial charge in [0.25, 0.3) is 0 Å². The van der Waals surface area contributed by atoms with Gasteiger partial charge in [-0.15, -0.1) is 11.3 Å². The second-order valence-corrected chi connectivity index (χ2v) is 6.04. The molecule has 102 valence electrons. The molecule has 1 heterocycles. The minimum atomic E-state index is 0.0498. The lowest BCUT2D eigenvalue weighted by Gasteiger charge is -2.13. The van der Waals surface area contributed by atoms with Gasteiger partial charge < -0.3 is 10.6 Å². The minimum absolute atomic E-state index is 0.0498. The molecule has 4 nitrogen and oxygen atoms in total. The van der Waals surface area contributed by atoms with Crippen molar-refractivity contribution in [2.75, 3.05) is 13.1 Å². The third-order valence-electron chi connectivity index (χ3n) is 2.73. The highest BCUT2D eigenvalue weighted by Gasteiger charge is 2.12. The number of thiazole rings is 1. The number of aryl methyl sites for hydroxylation is 2. The van der Waals surface area contributed by atoms with Crippen molar-refractivity contribution < 1.29 is 4.79 Å². The number of hydrogen-bond donors (Lipinski definition) is 2. The first-order valence-corrected chi connectivity index (χ1v) is 7.18. The third kappa shape index (κ3) is 4.38. The molecule has 1 atom stereocenters. The van der Waals surface area contributed by atoms with Crippen molar-refractivity contribution in [3.8, 4) is 0 Å². The Kier molecular flexibility index (Phi) is 5.75. The number of rotatable bonds is 6. The van der Waals surface area contributed by atoms with Crippen LogP contribution in [0.25, 0.3) is 0 Å². The van der Waals surface area contributed by atoms with Crippen LogP contribution in [0.1, 0.15) is 42.4 Å².